The van der Waals surface area contributed by atoms with E-state index in [9.17, 15) is 14.7 Å². The third kappa shape index (κ3) is 4.39. The Kier molecular flexibility index (Phi) is 5.12. The van der Waals surface area contributed by atoms with Gasteiger partial charge in [0.2, 0.25) is 0 Å². The van der Waals surface area contributed by atoms with Crippen LogP contribution in [0.4, 0.5) is 4.79 Å². The van der Waals surface area contributed by atoms with Gasteiger partial charge in [0, 0.05) is 17.2 Å². The summed E-state index contributed by atoms with van der Waals surface area (Å²) in [7, 11) is 0. The van der Waals surface area contributed by atoms with Crippen LogP contribution in [-0.4, -0.2) is 34.9 Å². The fraction of sp³-hybridized carbons (Fsp3) is 0.467. The van der Waals surface area contributed by atoms with Crippen LogP contribution >= 0.6 is 11.8 Å². The largest absolute Gasteiger partial charge is 0.480 e. The molecule has 2 rings (SSSR count). The van der Waals surface area contributed by atoms with E-state index in [-0.39, 0.29) is 5.92 Å². The van der Waals surface area contributed by atoms with Gasteiger partial charge in [-0.05, 0) is 37.8 Å². The number of carboxylic acids is 1. The molecule has 0 saturated heterocycles. The van der Waals surface area contributed by atoms with E-state index < -0.39 is 17.5 Å². The first-order valence-corrected chi connectivity index (χ1v) is 7.98. The minimum absolute atomic E-state index is 0.0412. The molecule has 1 fully saturated rings. The normalized spacial score (nSPS) is 16.8. The van der Waals surface area contributed by atoms with Crippen molar-refractivity contribution in [3.05, 3.63) is 30.3 Å². The van der Waals surface area contributed by atoms with Crippen LogP contribution in [0.15, 0.2) is 35.2 Å². The van der Waals surface area contributed by atoms with Crippen LogP contribution in [0.2, 0.25) is 0 Å². The molecule has 1 aromatic rings. The van der Waals surface area contributed by atoms with E-state index in [2.05, 4.69) is 10.6 Å². The number of nitrogens with one attached hydrogen (secondary N) is 2. The summed E-state index contributed by atoms with van der Waals surface area (Å²) in [5.41, 5.74) is -1.16. The van der Waals surface area contributed by atoms with Crippen molar-refractivity contribution >= 4 is 23.8 Å². The molecular formula is C15H20N2O3S. The molecule has 1 aliphatic carbocycles. The number of thioether (sulfide) groups is 1. The van der Waals surface area contributed by atoms with Crippen LogP contribution in [0, 0.1) is 5.92 Å². The van der Waals surface area contributed by atoms with Crippen molar-refractivity contribution in [2.75, 3.05) is 12.3 Å². The average Bonchev–Trinajstić information content (AvgIpc) is 3.29. The van der Waals surface area contributed by atoms with Crippen molar-refractivity contribution in [1.82, 2.24) is 10.6 Å². The van der Waals surface area contributed by atoms with Crippen LogP contribution in [-0.2, 0) is 4.79 Å². The predicted octanol–water partition coefficient (Wildman–Crippen LogP) is 2.33. The number of amides is 2. The Morgan fingerprint density at radius 3 is 2.57 bits per heavy atom. The van der Waals surface area contributed by atoms with E-state index in [1.807, 2.05) is 30.3 Å². The molecule has 0 bridgehead atoms. The zero-order chi connectivity index (χ0) is 15.3. The summed E-state index contributed by atoms with van der Waals surface area (Å²) in [5.74, 6) is -0.191. The van der Waals surface area contributed by atoms with Gasteiger partial charge in [-0.1, -0.05) is 18.2 Å². The van der Waals surface area contributed by atoms with Crippen LogP contribution in [0.1, 0.15) is 19.8 Å². The van der Waals surface area contributed by atoms with E-state index in [1.165, 1.54) is 0 Å². The number of rotatable bonds is 7. The summed E-state index contributed by atoms with van der Waals surface area (Å²) < 4.78 is 0. The zero-order valence-electron chi connectivity index (χ0n) is 12.0. The van der Waals surface area contributed by atoms with Gasteiger partial charge in [-0.3, -0.25) is 0 Å². The lowest BCUT2D eigenvalue weighted by atomic mass is 9.96. The summed E-state index contributed by atoms with van der Waals surface area (Å²) in [5, 5.41) is 14.6. The van der Waals surface area contributed by atoms with Crippen molar-refractivity contribution in [3.63, 3.8) is 0 Å². The molecule has 2 amide bonds. The SMILES string of the molecule is CC(NC(=O)NCCSc1ccccc1)(C(=O)O)C1CC1. The molecule has 21 heavy (non-hydrogen) atoms. The second kappa shape index (κ2) is 6.85. The first kappa shape index (κ1) is 15.7. The van der Waals surface area contributed by atoms with Crippen LogP contribution in [0.25, 0.3) is 0 Å². The van der Waals surface area contributed by atoms with Gasteiger partial charge in [0.1, 0.15) is 5.54 Å². The molecule has 0 aromatic heterocycles. The number of hydrogen-bond donors (Lipinski definition) is 3. The number of aliphatic carboxylic acids is 1. The van der Waals surface area contributed by atoms with E-state index in [4.69, 9.17) is 0 Å². The molecule has 0 spiro atoms. The highest BCUT2D eigenvalue weighted by Crippen LogP contribution is 2.39. The van der Waals surface area contributed by atoms with E-state index in [0.29, 0.717) is 6.54 Å². The van der Waals surface area contributed by atoms with Gasteiger partial charge in [0.05, 0.1) is 0 Å². The van der Waals surface area contributed by atoms with Crippen LogP contribution < -0.4 is 10.6 Å². The Morgan fingerprint density at radius 1 is 1.33 bits per heavy atom. The Labute approximate surface area is 128 Å². The van der Waals surface area contributed by atoms with E-state index in [1.54, 1.807) is 18.7 Å². The van der Waals surface area contributed by atoms with Gasteiger partial charge >= 0.3 is 12.0 Å². The minimum Gasteiger partial charge on any atom is -0.480 e. The smallest absolute Gasteiger partial charge is 0.329 e. The number of hydrogen-bond acceptors (Lipinski definition) is 3. The van der Waals surface area contributed by atoms with Gasteiger partial charge in [0.15, 0.2) is 0 Å². The van der Waals surface area contributed by atoms with E-state index in [0.717, 1.165) is 23.5 Å². The molecule has 0 radical (unpaired) electrons. The second-order valence-electron chi connectivity index (χ2n) is 5.32. The molecular weight excluding hydrogens is 288 g/mol. The summed E-state index contributed by atoms with van der Waals surface area (Å²) >= 11 is 1.65. The van der Waals surface area contributed by atoms with Gasteiger partial charge in [-0.25, -0.2) is 9.59 Å². The molecule has 0 aliphatic heterocycles. The van der Waals surface area contributed by atoms with Gasteiger partial charge in [0.25, 0.3) is 0 Å². The Hall–Kier alpha value is -1.69. The van der Waals surface area contributed by atoms with Gasteiger partial charge in [-0.2, -0.15) is 0 Å². The molecule has 0 heterocycles. The number of carbonyl (C=O) groups excluding carboxylic acids is 1. The van der Waals surface area contributed by atoms with Crippen LogP contribution in [0.5, 0.6) is 0 Å². The first-order chi connectivity index (χ1) is 10.0. The predicted molar refractivity (Wildman–Crippen MR) is 82.5 cm³/mol. The Bertz CT molecular complexity index is 505. The second-order valence-corrected chi connectivity index (χ2v) is 6.49. The maximum absolute atomic E-state index is 11.8. The van der Waals surface area contributed by atoms with Crippen molar-refractivity contribution in [1.29, 1.82) is 0 Å². The number of urea groups is 1. The highest BCUT2D eigenvalue weighted by atomic mass is 32.2. The molecule has 3 N–H and O–H groups in total. The lowest BCUT2D eigenvalue weighted by molar-refractivity contribution is -0.144. The zero-order valence-corrected chi connectivity index (χ0v) is 12.8. The molecule has 114 valence electrons. The topological polar surface area (TPSA) is 78.4 Å². The van der Waals surface area contributed by atoms with Crippen molar-refractivity contribution in [2.24, 2.45) is 5.92 Å². The maximum atomic E-state index is 11.8. The lowest BCUT2D eigenvalue weighted by Crippen LogP contribution is -2.56. The molecule has 1 unspecified atom stereocenters. The first-order valence-electron chi connectivity index (χ1n) is 6.99. The fourth-order valence-corrected chi connectivity index (χ4v) is 2.91. The molecule has 6 heteroatoms. The molecule has 1 atom stereocenters. The average molecular weight is 308 g/mol. The summed E-state index contributed by atoms with van der Waals surface area (Å²) in [6.07, 6.45) is 1.71. The fourth-order valence-electron chi connectivity index (χ4n) is 2.12. The lowest BCUT2D eigenvalue weighted by Gasteiger charge is -2.26. The quantitative estimate of drug-likeness (QED) is 0.533. The number of carbonyl (C=O) groups is 2. The van der Waals surface area contributed by atoms with E-state index >= 15 is 0 Å². The highest BCUT2D eigenvalue weighted by Gasteiger charge is 2.48. The maximum Gasteiger partial charge on any atom is 0.329 e. The molecule has 1 saturated carbocycles. The summed E-state index contributed by atoms with van der Waals surface area (Å²) in [6.45, 7) is 2.07. The molecule has 5 nitrogen and oxygen atoms in total. The standard InChI is InChI=1S/C15H20N2O3S/c1-15(13(18)19,11-7-8-11)17-14(20)16-9-10-21-12-5-3-2-4-6-12/h2-6,11H,7-10H2,1H3,(H,18,19)(H2,16,17,20). The van der Waals surface area contributed by atoms with Crippen molar-refractivity contribution in [2.45, 2.75) is 30.2 Å². The van der Waals surface area contributed by atoms with Gasteiger partial charge < -0.3 is 15.7 Å². The monoisotopic (exact) mass is 308 g/mol. The van der Waals surface area contributed by atoms with Crippen molar-refractivity contribution in [3.8, 4) is 0 Å². The molecule has 1 aromatic carbocycles. The van der Waals surface area contributed by atoms with Gasteiger partial charge in [-0.15, -0.1) is 11.8 Å². The molecule has 1 aliphatic rings. The third-order valence-electron chi connectivity index (χ3n) is 3.61. The number of benzene rings is 1. The summed E-state index contributed by atoms with van der Waals surface area (Å²) in [4.78, 5) is 24.3. The number of carboxylic acid groups (broad SMARTS) is 1. The Balaban J connectivity index is 1.71. The highest BCUT2D eigenvalue weighted by molar-refractivity contribution is 7.99. The van der Waals surface area contributed by atoms with Crippen LogP contribution in [0.3, 0.4) is 0 Å². The third-order valence-corrected chi connectivity index (χ3v) is 4.62. The summed E-state index contributed by atoms with van der Waals surface area (Å²) in [6, 6.07) is 9.51. The minimum atomic E-state index is -1.16. The van der Waals surface area contributed by atoms with Crippen molar-refractivity contribution < 1.29 is 14.7 Å². The Morgan fingerprint density at radius 2 is 2.00 bits per heavy atom.